The Morgan fingerprint density at radius 1 is 1.20 bits per heavy atom. The summed E-state index contributed by atoms with van der Waals surface area (Å²) in [6.07, 6.45) is 5.65. The van der Waals surface area contributed by atoms with Gasteiger partial charge in [-0.1, -0.05) is 42.5 Å². The third kappa shape index (κ3) is 7.03. The van der Waals surface area contributed by atoms with Crippen molar-refractivity contribution in [3.05, 3.63) is 53.6 Å². The van der Waals surface area contributed by atoms with Gasteiger partial charge in [-0.3, -0.25) is 4.79 Å². The molecule has 0 spiro atoms. The number of carbonyl (C=O) groups excluding carboxylic acids is 1. The van der Waals surface area contributed by atoms with Crippen LogP contribution in [-0.4, -0.2) is 42.6 Å². The van der Waals surface area contributed by atoms with Crippen LogP contribution < -0.4 is 5.32 Å². The molecule has 0 aliphatic carbocycles. The standard InChI is InChI=1S/C18H24N2O4Si/c1-22-25(23-2,24-3)14-8-13-20-18(21)17(15-19)12-7-11-16-9-5-4-6-10-16/h4-7,9-12H,8,13-14H2,1-3H3,(H,20,21). The zero-order chi connectivity index (χ0) is 18.5. The molecule has 1 amide bonds. The number of hydrogen-bond donors (Lipinski definition) is 1. The second-order valence-corrected chi connectivity index (χ2v) is 8.21. The Bertz CT molecular complexity index is 626. The molecule has 1 aromatic carbocycles. The second kappa shape index (κ2) is 11.3. The molecule has 1 aromatic rings. The van der Waals surface area contributed by atoms with Crippen LogP contribution in [0.5, 0.6) is 0 Å². The molecule has 7 heteroatoms. The lowest BCUT2D eigenvalue weighted by atomic mass is 10.2. The molecule has 0 aliphatic rings. The Balaban J connectivity index is 2.50. The van der Waals surface area contributed by atoms with Gasteiger partial charge in [-0.2, -0.15) is 5.26 Å². The first-order chi connectivity index (χ1) is 12.1. The quantitative estimate of drug-likeness (QED) is 0.228. The van der Waals surface area contributed by atoms with E-state index in [9.17, 15) is 4.79 Å². The fraction of sp³-hybridized carbons (Fsp3) is 0.333. The maximum absolute atomic E-state index is 12.0. The van der Waals surface area contributed by atoms with Gasteiger partial charge in [0.25, 0.3) is 5.91 Å². The minimum absolute atomic E-state index is 0.0564. The van der Waals surface area contributed by atoms with Gasteiger partial charge in [0, 0.05) is 33.9 Å². The number of nitrogens with one attached hydrogen (secondary N) is 1. The summed E-state index contributed by atoms with van der Waals surface area (Å²) < 4.78 is 15.9. The van der Waals surface area contributed by atoms with Gasteiger partial charge in [-0.15, -0.1) is 0 Å². The molecule has 0 aromatic heterocycles. The van der Waals surface area contributed by atoms with Crippen molar-refractivity contribution in [1.29, 1.82) is 5.26 Å². The highest BCUT2D eigenvalue weighted by Crippen LogP contribution is 2.14. The van der Waals surface area contributed by atoms with Crippen LogP contribution in [0.2, 0.25) is 6.04 Å². The maximum atomic E-state index is 12.0. The Kier molecular flexibility index (Phi) is 9.43. The maximum Gasteiger partial charge on any atom is 0.500 e. The molecular weight excluding hydrogens is 336 g/mol. The van der Waals surface area contributed by atoms with Crippen molar-refractivity contribution in [3.8, 4) is 6.07 Å². The van der Waals surface area contributed by atoms with Gasteiger partial charge >= 0.3 is 8.80 Å². The first-order valence-corrected chi connectivity index (χ1v) is 9.81. The molecule has 1 rings (SSSR count). The number of amides is 1. The largest absolute Gasteiger partial charge is 0.500 e. The summed E-state index contributed by atoms with van der Waals surface area (Å²) in [5.74, 6) is -0.403. The lowest BCUT2D eigenvalue weighted by Gasteiger charge is -2.24. The molecule has 0 unspecified atom stereocenters. The minimum Gasteiger partial charge on any atom is -0.377 e. The molecule has 0 saturated heterocycles. The zero-order valence-electron chi connectivity index (χ0n) is 14.8. The van der Waals surface area contributed by atoms with Crippen molar-refractivity contribution in [2.75, 3.05) is 27.9 Å². The van der Waals surface area contributed by atoms with Crippen LogP contribution in [-0.2, 0) is 18.1 Å². The molecular formula is C18H24N2O4Si. The van der Waals surface area contributed by atoms with Gasteiger partial charge in [0.15, 0.2) is 0 Å². The lowest BCUT2D eigenvalue weighted by Crippen LogP contribution is -2.43. The summed E-state index contributed by atoms with van der Waals surface area (Å²) in [7, 11) is 2.02. The Hall–Kier alpha value is -2.24. The third-order valence-electron chi connectivity index (χ3n) is 3.59. The molecule has 0 fully saturated rings. The van der Waals surface area contributed by atoms with Crippen LogP contribution in [0.1, 0.15) is 12.0 Å². The minimum atomic E-state index is -2.63. The number of rotatable bonds is 10. The molecule has 0 aliphatic heterocycles. The van der Waals surface area contributed by atoms with E-state index in [2.05, 4.69) is 5.32 Å². The molecule has 134 valence electrons. The van der Waals surface area contributed by atoms with Crippen LogP contribution in [0.15, 0.2) is 48.1 Å². The second-order valence-electron chi connectivity index (χ2n) is 5.12. The lowest BCUT2D eigenvalue weighted by molar-refractivity contribution is -0.117. The molecule has 0 atom stereocenters. The van der Waals surface area contributed by atoms with Crippen LogP contribution in [0.4, 0.5) is 0 Å². The smallest absolute Gasteiger partial charge is 0.377 e. The Morgan fingerprint density at radius 3 is 2.40 bits per heavy atom. The van der Waals surface area contributed by atoms with Gasteiger partial charge < -0.3 is 18.6 Å². The van der Waals surface area contributed by atoms with Gasteiger partial charge in [0.05, 0.1) is 0 Å². The fourth-order valence-corrected chi connectivity index (χ4v) is 3.86. The monoisotopic (exact) mass is 360 g/mol. The number of hydrogen-bond acceptors (Lipinski definition) is 5. The highest BCUT2D eigenvalue weighted by atomic mass is 28.4. The number of benzene rings is 1. The van der Waals surface area contributed by atoms with Crippen molar-refractivity contribution < 1.29 is 18.1 Å². The van der Waals surface area contributed by atoms with Crippen molar-refractivity contribution in [1.82, 2.24) is 5.32 Å². The molecule has 0 bridgehead atoms. The summed E-state index contributed by atoms with van der Waals surface area (Å²) in [5.41, 5.74) is 1.05. The van der Waals surface area contributed by atoms with Gasteiger partial charge in [0.1, 0.15) is 11.6 Å². The predicted molar refractivity (Wildman–Crippen MR) is 98.4 cm³/mol. The van der Waals surface area contributed by atoms with E-state index in [1.165, 1.54) is 6.08 Å². The summed E-state index contributed by atoms with van der Waals surface area (Å²) in [4.78, 5) is 12.0. The van der Waals surface area contributed by atoms with Gasteiger partial charge in [0.2, 0.25) is 0 Å². The van der Waals surface area contributed by atoms with Crippen LogP contribution in [0.25, 0.3) is 6.08 Å². The van der Waals surface area contributed by atoms with E-state index in [1.54, 1.807) is 27.4 Å². The summed E-state index contributed by atoms with van der Waals surface area (Å²) in [6.45, 7) is 0.408. The summed E-state index contributed by atoms with van der Waals surface area (Å²) in [5, 5.41) is 11.8. The molecule has 25 heavy (non-hydrogen) atoms. The van der Waals surface area contributed by atoms with Crippen LogP contribution in [0, 0.1) is 11.3 Å². The average Bonchev–Trinajstić information content (AvgIpc) is 2.66. The number of carbonyl (C=O) groups is 1. The fourth-order valence-electron chi connectivity index (χ4n) is 2.14. The average molecular weight is 360 g/mol. The first kappa shape index (κ1) is 20.8. The molecule has 0 saturated carbocycles. The van der Waals surface area contributed by atoms with E-state index in [0.29, 0.717) is 19.0 Å². The van der Waals surface area contributed by atoms with E-state index in [-0.39, 0.29) is 5.57 Å². The molecule has 1 N–H and O–H groups in total. The Morgan fingerprint density at radius 2 is 1.84 bits per heavy atom. The van der Waals surface area contributed by atoms with E-state index >= 15 is 0 Å². The number of nitrogens with zero attached hydrogens (tertiary/aromatic N) is 1. The van der Waals surface area contributed by atoms with E-state index in [4.69, 9.17) is 18.5 Å². The normalized spacial score (nSPS) is 12.2. The first-order valence-electron chi connectivity index (χ1n) is 7.88. The molecule has 0 heterocycles. The van der Waals surface area contributed by atoms with Crippen molar-refractivity contribution in [2.24, 2.45) is 0 Å². The predicted octanol–water partition coefficient (Wildman–Crippen LogP) is 2.53. The highest BCUT2D eigenvalue weighted by molar-refractivity contribution is 6.60. The molecule has 6 nitrogen and oxygen atoms in total. The van der Waals surface area contributed by atoms with Crippen molar-refractivity contribution in [3.63, 3.8) is 0 Å². The number of allylic oxidation sites excluding steroid dienone is 2. The number of nitriles is 1. The zero-order valence-corrected chi connectivity index (χ0v) is 15.8. The van der Waals surface area contributed by atoms with Crippen LogP contribution in [0.3, 0.4) is 0 Å². The third-order valence-corrected chi connectivity index (χ3v) is 6.43. The Labute approximate surface area is 150 Å². The topological polar surface area (TPSA) is 80.6 Å². The van der Waals surface area contributed by atoms with Crippen molar-refractivity contribution in [2.45, 2.75) is 12.5 Å². The van der Waals surface area contributed by atoms with Crippen molar-refractivity contribution >= 4 is 20.8 Å². The van der Waals surface area contributed by atoms with Gasteiger partial charge in [-0.25, -0.2) is 0 Å². The highest BCUT2D eigenvalue weighted by Gasteiger charge is 2.36. The van der Waals surface area contributed by atoms with Gasteiger partial charge in [-0.05, 0) is 18.1 Å². The van der Waals surface area contributed by atoms with E-state index < -0.39 is 14.7 Å². The van der Waals surface area contributed by atoms with Crippen LogP contribution >= 0.6 is 0 Å². The SMILES string of the molecule is CO[Si](CCCNC(=O)C(C#N)=CC=Cc1ccccc1)(OC)OC. The molecule has 0 radical (unpaired) electrons. The van der Waals surface area contributed by atoms with E-state index in [1.807, 2.05) is 42.5 Å². The summed E-state index contributed by atoms with van der Waals surface area (Å²) >= 11 is 0. The summed E-state index contributed by atoms with van der Waals surface area (Å²) in [6, 6.07) is 12.1. The van der Waals surface area contributed by atoms with E-state index in [0.717, 1.165) is 5.56 Å².